The molecule has 3 N–H and O–H groups in total. The van der Waals surface area contributed by atoms with Crippen molar-refractivity contribution in [3.05, 3.63) is 39.2 Å². The molecule has 1 aliphatic rings. The van der Waals surface area contributed by atoms with Crippen LogP contribution in [0, 0.1) is 24.0 Å². The topological polar surface area (TPSA) is 113 Å². The number of allylic oxidation sites excluding steroid dienone is 1. The van der Waals surface area contributed by atoms with Crippen LogP contribution < -0.4 is 16.0 Å². The second-order valence-electron chi connectivity index (χ2n) is 6.59. The Balaban J connectivity index is 0.000000370. The lowest BCUT2D eigenvalue weighted by atomic mass is 10.0. The van der Waals surface area contributed by atoms with E-state index in [1.165, 1.54) is 51.0 Å². The van der Waals surface area contributed by atoms with E-state index in [1.54, 1.807) is 13.8 Å². The summed E-state index contributed by atoms with van der Waals surface area (Å²) in [5, 5.41) is 19.9. The van der Waals surface area contributed by atoms with E-state index in [9.17, 15) is 19.7 Å². The van der Waals surface area contributed by atoms with Gasteiger partial charge in [-0.25, -0.2) is 0 Å². The summed E-state index contributed by atoms with van der Waals surface area (Å²) in [5.74, 6) is -0.687. The minimum absolute atomic E-state index is 0.00381. The molecule has 0 radical (unpaired) electrons. The number of unbranched alkanes of at least 4 members (excludes halogenated alkanes) is 2. The lowest BCUT2D eigenvalue weighted by Crippen LogP contribution is -2.19. The Morgan fingerprint density at radius 1 is 1.18 bits per heavy atom. The van der Waals surface area contributed by atoms with E-state index in [4.69, 9.17) is 0 Å². The van der Waals surface area contributed by atoms with Crippen LogP contribution >= 0.6 is 0 Å². The Hall–Kier alpha value is -2.74. The first kappa shape index (κ1) is 23.3. The average Bonchev–Trinajstić information content (AvgIpc) is 2.70. The molecule has 0 fully saturated rings. The van der Waals surface area contributed by atoms with E-state index in [-0.39, 0.29) is 17.7 Å². The number of benzene rings is 1. The Labute approximate surface area is 165 Å². The molecule has 0 spiro atoms. The highest BCUT2D eigenvalue weighted by Gasteiger charge is 2.23. The van der Waals surface area contributed by atoms with Gasteiger partial charge in [-0.05, 0) is 45.3 Å². The van der Waals surface area contributed by atoms with E-state index in [0.29, 0.717) is 22.5 Å². The highest BCUT2D eigenvalue weighted by molar-refractivity contribution is 6.34. The number of Topliss-reactive ketones (excluding diaryl/α,β-unsaturated/α-hetero) is 1. The average molecular weight is 390 g/mol. The molecule has 1 aliphatic heterocycles. The third kappa shape index (κ3) is 6.45. The van der Waals surface area contributed by atoms with Crippen LogP contribution in [0.2, 0.25) is 0 Å². The van der Waals surface area contributed by atoms with Crippen molar-refractivity contribution in [2.75, 3.05) is 23.7 Å². The number of nitro groups is 1. The van der Waals surface area contributed by atoms with Crippen molar-refractivity contribution in [2.45, 2.75) is 53.4 Å². The van der Waals surface area contributed by atoms with Crippen LogP contribution in [0.4, 0.5) is 17.1 Å². The molecule has 0 unspecified atom stereocenters. The summed E-state index contributed by atoms with van der Waals surface area (Å²) in [6.45, 7) is 10.2. The first-order valence-electron chi connectivity index (χ1n) is 9.59. The number of ketones is 1. The zero-order chi connectivity index (χ0) is 21.1. The predicted molar refractivity (Wildman–Crippen MR) is 112 cm³/mol. The van der Waals surface area contributed by atoms with Crippen molar-refractivity contribution in [2.24, 2.45) is 0 Å². The maximum absolute atomic E-state index is 11.3. The molecule has 0 saturated heterocycles. The van der Waals surface area contributed by atoms with Crippen LogP contribution in [0.3, 0.4) is 0 Å². The summed E-state index contributed by atoms with van der Waals surface area (Å²) < 4.78 is 0. The predicted octanol–water partition coefficient (Wildman–Crippen LogP) is 3.83. The van der Waals surface area contributed by atoms with Crippen LogP contribution in [0.15, 0.2) is 18.0 Å². The summed E-state index contributed by atoms with van der Waals surface area (Å²) in [7, 11) is 0. The molecule has 1 aromatic carbocycles. The van der Waals surface area contributed by atoms with Gasteiger partial charge in [0.05, 0.1) is 16.3 Å². The molecule has 8 nitrogen and oxygen atoms in total. The number of carbonyl (C=O) groups excluding carboxylic acids is 2. The summed E-state index contributed by atoms with van der Waals surface area (Å²) in [4.78, 5) is 32.2. The fraction of sp³-hybridized carbons (Fsp3) is 0.500. The fourth-order valence-corrected chi connectivity index (χ4v) is 2.61. The first-order valence-corrected chi connectivity index (χ1v) is 9.59. The number of aldehydes is 1. The highest BCUT2D eigenvalue weighted by Crippen LogP contribution is 2.37. The Morgan fingerprint density at radius 2 is 1.79 bits per heavy atom. The van der Waals surface area contributed by atoms with Crippen molar-refractivity contribution in [3.8, 4) is 0 Å². The molecule has 0 bridgehead atoms. The van der Waals surface area contributed by atoms with Gasteiger partial charge in [-0.15, -0.1) is 0 Å². The minimum Gasteiger partial charge on any atom is -0.358 e. The Kier molecular flexibility index (Phi) is 9.87. The molecular formula is C20H30N4O4. The van der Waals surface area contributed by atoms with E-state index < -0.39 is 10.7 Å². The number of carbonyl (C=O) groups is 2. The number of rotatable bonds is 9. The molecule has 0 aliphatic carbocycles. The van der Waals surface area contributed by atoms with Crippen LogP contribution in [-0.4, -0.2) is 30.1 Å². The standard InChI is InChI=1S/C12H11N3O4.C8H19N/c1-6-7(2)12-8(3-10(6)15(18)19)13-4-9(14-12)11(17)5-16;1-3-5-7-9-8-6-4-2/h3-5,13-14H,1-2H3;9H,3-8H2,1-2H3. The van der Waals surface area contributed by atoms with Gasteiger partial charge in [-0.2, -0.15) is 0 Å². The van der Waals surface area contributed by atoms with Gasteiger partial charge in [0.1, 0.15) is 5.70 Å². The number of anilines is 2. The third-order valence-corrected chi connectivity index (χ3v) is 4.49. The first-order chi connectivity index (χ1) is 13.4. The fourth-order valence-electron chi connectivity index (χ4n) is 2.61. The number of nitrogens with zero attached hydrogens (tertiary/aromatic N) is 1. The third-order valence-electron chi connectivity index (χ3n) is 4.49. The lowest BCUT2D eigenvalue weighted by Gasteiger charge is -2.21. The van der Waals surface area contributed by atoms with Gasteiger partial charge in [-0.3, -0.25) is 19.7 Å². The molecule has 8 heteroatoms. The van der Waals surface area contributed by atoms with Crippen LogP contribution in [0.1, 0.15) is 50.7 Å². The molecule has 0 aromatic heterocycles. The molecule has 1 aromatic rings. The van der Waals surface area contributed by atoms with Crippen LogP contribution in [0.25, 0.3) is 0 Å². The zero-order valence-corrected chi connectivity index (χ0v) is 17.1. The van der Waals surface area contributed by atoms with Crippen molar-refractivity contribution >= 4 is 29.1 Å². The van der Waals surface area contributed by atoms with Gasteiger partial charge in [0.25, 0.3) is 5.69 Å². The second-order valence-corrected chi connectivity index (χ2v) is 6.59. The van der Waals surface area contributed by atoms with Gasteiger partial charge < -0.3 is 16.0 Å². The summed E-state index contributed by atoms with van der Waals surface area (Å²) >= 11 is 0. The Bertz CT molecular complexity index is 738. The number of hydrogen-bond acceptors (Lipinski definition) is 7. The van der Waals surface area contributed by atoms with Gasteiger partial charge in [0.2, 0.25) is 5.78 Å². The highest BCUT2D eigenvalue weighted by atomic mass is 16.6. The molecule has 0 saturated carbocycles. The maximum Gasteiger partial charge on any atom is 0.274 e. The summed E-state index contributed by atoms with van der Waals surface area (Å²) in [6.07, 6.45) is 6.78. The van der Waals surface area contributed by atoms with E-state index in [0.717, 1.165) is 0 Å². The van der Waals surface area contributed by atoms with Crippen molar-refractivity contribution in [3.63, 3.8) is 0 Å². The summed E-state index contributed by atoms with van der Waals surface area (Å²) in [5.41, 5.74) is 2.34. The largest absolute Gasteiger partial charge is 0.358 e. The zero-order valence-electron chi connectivity index (χ0n) is 17.1. The van der Waals surface area contributed by atoms with E-state index in [1.807, 2.05) is 0 Å². The normalized spacial score (nSPS) is 11.8. The van der Waals surface area contributed by atoms with Gasteiger partial charge in [-0.1, -0.05) is 26.7 Å². The van der Waals surface area contributed by atoms with Crippen LogP contribution in [0.5, 0.6) is 0 Å². The quantitative estimate of drug-likeness (QED) is 0.193. The van der Waals surface area contributed by atoms with Crippen LogP contribution in [-0.2, 0) is 9.59 Å². The summed E-state index contributed by atoms with van der Waals surface area (Å²) in [6, 6.07) is 1.39. The van der Waals surface area contributed by atoms with E-state index in [2.05, 4.69) is 29.8 Å². The lowest BCUT2D eigenvalue weighted by molar-refractivity contribution is -0.385. The smallest absolute Gasteiger partial charge is 0.274 e. The Morgan fingerprint density at radius 3 is 2.29 bits per heavy atom. The maximum atomic E-state index is 11.3. The van der Waals surface area contributed by atoms with Crippen molar-refractivity contribution in [1.82, 2.24) is 5.32 Å². The van der Waals surface area contributed by atoms with Gasteiger partial charge in [0, 0.05) is 17.8 Å². The van der Waals surface area contributed by atoms with Gasteiger partial charge >= 0.3 is 0 Å². The minimum atomic E-state index is -0.687. The molecule has 0 atom stereocenters. The number of nitrogens with one attached hydrogen (secondary N) is 3. The molecular weight excluding hydrogens is 360 g/mol. The van der Waals surface area contributed by atoms with Gasteiger partial charge in [0.15, 0.2) is 6.29 Å². The number of fused-ring (bicyclic) bond motifs is 1. The van der Waals surface area contributed by atoms with Crippen molar-refractivity contribution in [1.29, 1.82) is 0 Å². The number of hydrogen-bond donors (Lipinski definition) is 3. The van der Waals surface area contributed by atoms with E-state index >= 15 is 0 Å². The molecule has 0 amide bonds. The molecule has 154 valence electrons. The number of nitro benzene ring substituents is 1. The SMILES string of the molecule is CCCCNCCCC.Cc1c([N+](=O)[O-])cc2c(c1C)NC(C(=O)C=O)=CN2. The monoisotopic (exact) mass is 390 g/mol. The molecule has 1 heterocycles. The molecule has 28 heavy (non-hydrogen) atoms. The van der Waals surface area contributed by atoms with Crippen molar-refractivity contribution < 1.29 is 14.5 Å². The second kappa shape index (κ2) is 11.9. The molecule has 2 rings (SSSR count).